The van der Waals surface area contributed by atoms with Crippen LogP contribution in [0.25, 0.3) is 0 Å². The third-order valence-corrected chi connectivity index (χ3v) is 3.79. The molecule has 0 aliphatic carbocycles. The molecule has 0 radical (unpaired) electrons. The summed E-state index contributed by atoms with van der Waals surface area (Å²) in [5.74, 6) is -0.0763. The molecule has 4 heteroatoms. The first-order chi connectivity index (χ1) is 9.42. The van der Waals surface area contributed by atoms with E-state index in [9.17, 15) is 4.79 Å². The van der Waals surface area contributed by atoms with E-state index in [1.54, 1.807) is 0 Å². The molecular weight excluding hydrogens is 316 g/mol. The summed E-state index contributed by atoms with van der Waals surface area (Å²) in [6.07, 6.45) is 1.92. The van der Waals surface area contributed by atoms with E-state index in [-0.39, 0.29) is 5.91 Å². The first kappa shape index (κ1) is 14.9. The number of hydrogen-bond donors (Lipinski definition) is 1. The molecule has 1 aromatic carbocycles. The van der Waals surface area contributed by atoms with Crippen molar-refractivity contribution in [2.45, 2.75) is 34.2 Å². The lowest BCUT2D eigenvalue weighted by atomic mass is 10.1. The van der Waals surface area contributed by atoms with Gasteiger partial charge in [-0.2, -0.15) is 0 Å². The molecule has 106 valence electrons. The summed E-state index contributed by atoms with van der Waals surface area (Å²) in [6, 6.07) is 6.01. The van der Waals surface area contributed by atoms with Crippen molar-refractivity contribution in [1.82, 2.24) is 4.57 Å². The summed E-state index contributed by atoms with van der Waals surface area (Å²) < 4.78 is 2.85. The molecule has 0 spiro atoms. The Kier molecular flexibility index (Phi) is 4.33. The number of carbonyl (C=O) groups is 1. The van der Waals surface area contributed by atoms with Crippen LogP contribution in [0.4, 0.5) is 5.69 Å². The van der Waals surface area contributed by atoms with Gasteiger partial charge >= 0.3 is 0 Å². The maximum atomic E-state index is 12.4. The van der Waals surface area contributed by atoms with Gasteiger partial charge in [0.1, 0.15) is 5.69 Å². The van der Waals surface area contributed by atoms with Crippen molar-refractivity contribution >= 4 is 27.5 Å². The summed E-state index contributed by atoms with van der Waals surface area (Å²) in [5.41, 5.74) is 4.95. The highest BCUT2D eigenvalue weighted by atomic mass is 79.9. The topological polar surface area (TPSA) is 34.0 Å². The number of nitrogens with one attached hydrogen (secondary N) is 1. The van der Waals surface area contributed by atoms with Crippen LogP contribution < -0.4 is 5.32 Å². The monoisotopic (exact) mass is 334 g/mol. The zero-order valence-corrected chi connectivity index (χ0v) is 13.8. The van der Waals surface area contributed by atoms with Crippen molar-refractivity contribution in [2.75, 3.05) is 5.32 Å². The van der Waals surface area contributed by atoms with Crippen molar-refractivity contribution in [2.24, 2.45) is 0 Å². The average Bonchev–Trinajstić information content (AvgIpc) is 2.75. The fourth-order valence-corrected chi connectivity index (χ4v) is 2.95. The molecule has 0 bridgehead atoms. The lowest BCUT2D eigenvalue weighted by Gasteiger charge is -2.13. The van der Waals surface area contributed by atoms with Crippen LogP contribution in [0.5, 0.6) is 0 Å². The van der Waals surface area contributed by atoms with Crippen LogP contribution in [0.1, 0.15) is 34.1 Å². The number of anilines is 1. The van der Waals surface area contributed by atoms with Gasteiger partial charge in [0.15, 0.2) is 0 Å². The van der Waals surface area contributed by atoms with Crippen LogP contribution >= 0.6 is 15.9 Å². The number of halogens is 1. The minimum atomic E-state index is -0.0763. The average molecular weight is 335 g/mol. The molecule has 0 unspecified atom stereocenters. The maximum absolute atomic E-state index is 12.4. The summed E-state index contributed by atoms with van der Waals surface area (Å²) >= 11 is 3.42. The van der Waals surface area contributed by atoms with Crippen LogP contribution in [0.3, 0.4) is 0 Å². The van der Waals surface area contributed by atoms with E-state index in [0.29, 0.717) is 5.69 Å². The third kappa shape index (κ3) is 2.96. The largest absolute Gasteiger partial charge is 0.343 e. The molecule has 3 nitrogen and oxygen atoms in total. The first-order valence-corrected chi connectivity index (χ1v) is 7.46. The Balaban J connectivity index is 2.32. The highest BCUT2D eigenvalue weighted by Gasteiger charge is 2.14. The quantitative estimate of drug-likeness (QED) is 0.883. The number of aromatic nitrogens is 1. The number of nitrogens with zero attached hydrogens (tertiary/aromatic N) is 1. The second kappa shape index (κ2) is 5.83. The van der Waals surface area contributed by atoms with E-state index in [0.717, 1.165) is 27.8 Å². The lowest BCUT2D eigenvalue weighted by Crippen LogP contribution is -2.17. The Hall–Kier alpha value is -1.55. The number of carbonyl (C=O) groups excluding carboxylic acids is 1. The first-order valence-electron chi connectivity index (χ1n) is 6.67. The Bertz CT molecular complexity index is 635. The zero-order valence-electron chi connectivity index (χ0n) is 12.2. The van der Waals surface area contributed by atoms with Crippen molar-refractivity contribution in [3.05, 3.63) is 51.3 Å². The van der Waals surface area contributed by atoms with Crippen LogP contribution in [0, 0.1) is 20.8 Å². The summed E-state index contributed by atoms with van der Waals surface area (Å²) in [7, 11) is 0. The normalized spacial score (nSPS) is 10.7. The van der Waals surface area contributed by atoms with Gasteiger partial charge in [0.25, 0.3) is 5.91 Å². The highest BCUT2D eigenvalue weighted by molar-refractivity contribution is 9.10. The molecule has 0 atom stereocenters. The SMILES string of the molecule is CCn1cc(Br)cc1C(=O)Nc1c(C)cc(C)cc1C. The Morgan fingerprint density at radius 3 is 2.35 bits per heavy atom. The van der Waals surface area contributed by atoms with Gasteiger partial charge in [-0.1, -0.05) is 17.7 Å². The molecule has 20 heavy (non-hydrogen) atoms. The number of aryl methyl sites for hydroxylation is 4. The molecule has 0 aliphatic rings. The molecule has 0 saturated carbocycles. The van der Waals surface area contributed by atoms with E-state index < -0.39 is 0 Å². The molecule has 2 rings (SSSR count). The van der Waals surface area contributed by atoms with Crippen molar-refractivity contribution in [3.63, 3.8) is 0 Å². The second-order valence-corrected chi connectivity index (χ2v) is 5.97. The van der Waals surface area contributed by atoms with E-state index in [1.165, 1.54) is 5.56 Å². The predicted molar refractivity (Wildman–Crippen MR) is 86.4 cm³/mol. The Labute approximate surface area is 128 Å². The summed E-state index contributed by atoms with van der Waals surface area (Å²) in [6.45, 7) is 8.88. The van der Waals surface area contributed by atoms with Gasteiger partial charge in [-0.3, -0.25) is 4.79 Å². The van der Waals surface area contributed by atoms with E-state index in [1.807, 2.05) is 37.6 Å². The molecule has 1 heterocycles. The van der Waals surface area contributed by atoms with Crippen molar-refractivity contribution in [3.8, 4) is 0 Å². The Morgan fingerprint density at radius 1 is 1.20 bits per heavy atom. The smallest absolute Gasteiger partial charge is 0.272 e. The van der Waals surface area contributed by atoms with Gasteiger partial charge in [0.05, 0.1) is 0 Å². The van der Waals surface area contributed by atoms with Crippen LogP contribution in [0.15, 0.2) is 28.9 Å². The van der Waals surface area contributed by atoms with Gasteiger partial charge in [0, 0.05) is 22.9 Å². The number of amides is 1. The minimum absolute atomic E-state index is 0.0763. The fraction of sp³-hybridized carbons (Fsp3) is 0.312. The van der Waals surface area contributed by atoms with Crippen molar-refractivity contribution in [1.29, 1.82) is 0 Å². The predicted octanol–water partition coefficient (Wildman–Crippen LogP) is 4.45. The zero-order chi connectivity index (χ0) is 14.9. The van der Waals surface area contributed by atoms with Gasteiger partial charge in [-0.05, 0) is 60.8 Å². The molecule has 2 aromatic rings. The molecule has 1 N–H and O–H groups in total. The molecule has 0 saturated heterocycles. The summed E-state index contributed by atoms with van der Waals surface area (Å²) in [5, 5.41) is 3.03. The third-order valence-electron chi connectivity index (χ3n) is 3.35. The number of benzene rings is 1. The summed E-state index contributed by atoms with van der Waals surface area (Å²) in [4.78, 5) is 12.4. The molecule has 1 aromatic heterocycles. The van der Waals surface area contributed by atoms with Crippen LogP contribution in [-0.4, -0.2) is 10.5 Å². The number of hydrogen-bond acceptors (Lipinski definition) is 1. The Morgan fingerprint density at radius 2 is 1.80 bits per heavy atom. The standard InChI is InChI=1S/C16H19BrN2O/c1-5-19-9-13(17)8-14(19)16(20)18-15-11(3)6-10(2)7-12(15)4/h6-9H,5H2,1-4H3,(H,18,20). The fourth-order valence-electron chi connectivity index (χ4n) is 2.48. The second-order valence-electron chi connectivity index (χ2n) is 5.06. The highest BCUT2D eigenvalue weighted by Crippen LogP contribution is 2.23. The van der Waals surface area contributed by atoms with Crippen LogP contribution in [0.2, 0.25) is 0 Å². The van der Waals surface area contributed by atoms with Gasteiger partial charge < -0.3 is 9.88 Å². The maximum Gasteiger partial charge on any atom is 0.272 e. The molecular formula is C16H19BrN2O. The van der Waals surface area contributed by atoms with Gasteiger partial charge in [-0.25, -0.2) is 0 Å². The minimum Gasteiger partial charge on any atom is -0.343 e. The van der Waals surface area contributed by atoms with Crippen molar-refractivity contribution < 1.29 is 4.79 Å². The van der Waals surface area contributed by atoms with E-state index in [2.05, 4.69) is 40.3 Å². The molecule has 0 aliphatic heterocycles. The van der Waals surface area contributed by atoms with Crippen LogP contribution in [-0.2, 0) is 6.54 Å². The van der Waals surface area contributed by atoms with E-state index >= 15 is 0 Å². The van der Waals surface area contributed by atoms with Gasteiger partial charge in [0.2, 0.25) is 0 Å². The lowest BCUT2D eigenvalue weighted by molar-refractivity contribution is 0.101. The molecule has 1 amide bonds. The molecule has 0 fully saturated rings. The number of rotatable bonds is 3. The van der Waals surface area contributed by atoms with Gasteiger partial charge in [-0.15, -0.1) is 0 Å². The van der Waals surface area contributed by atoms with E-state index in [4.69, 9.17) is 0 Å².